The van der Waals surface area contributed by atoms with Crippen molar-refractivity contribution in [2.45, 2.75) is 6.54 Å². The van der Waals surface area contributed by atoms with E-state index in [4.69, 9.17) is 4.74 Å². The topological polar surface area (TPSA) is 74.1 Å². The lowest BCUT2D eigenvalue weighted by Gasteiger charge is -2.26. The van der Waals surface area contributed by atoms with Gasteiger partial charge in [-0.1, -0.05) is 6.07 Å². The molecule has 30 heavy (non-hydrogen) atoms. The zero-order valence-corrected chi connectivity index (χ0v) is 16.1. The van der Waals surface area contributed by atoms with Gasteiger partial charge in [-0.25, -0.2) is 13.8 Å². The van der Waals surface area contributed by atoms with Crippen LogP contribution in [0.1, 0.15) is 11.4 Å². The summed E-state index contributed by atoms with van der Waals surface area (Å²) in [5, 5.41) is 12.6. The molecule has 4 rings (SSSR count). The Morgan fingerprint density at radius 1 is 1.00 bits per heavy atom. The summed E-state index contributed by atoms with van der Waals surface area (Å²) in [6.07, 6.45) is 3.06. The van der Waals surface area contributed by atoms with Crippen molar-refractivity contribution in [3.63, 3.8) is 0 Å². The number of nitrogens with zero attached hydrogens (tertiary/aromatic N) is 4. The number of piperazine rings is 1. The molecule has 3 heterocycles. The van der Waals surface area contributed by atoms with E-state index in [0.717, 1.165) is 44.0 Å². The van der Waals surface area contributed by atoms with Crippen LogP contribution in [0.4, 0.5) is 8.78 Å². The number of hydrogen-bond acceptors (Lipinski definition) is 6. The molecule has 8 heteroatoms. The quantitative estimate of drug-likeness (QED) is 0.698. The molecule has 1 fully saturated rings. The first-order chi connectivity index (χ1) is 14.6. The number of benzene rings is 1. The fraction of sp³-hybridized carbons (Fsp3) is 0.227. The molecule has 1 aliphatic heterocycles. The molecule has 0 bridgehead atoms. The van der Waals surface area contributed by atoms with E-state index in [9.17, 15) is 14.0 Å². The molecular formula is C22H19F2N5O. The second-order valence-electron chi connectivity index (χ2n) is 6.96. The van der Waals surface area contributed by atoms with E-state index in [2.05, 4.69) is 26.3 Å². The Morgan fingerprint density at radius 3 is 2.60 bits per heavy atom. The molecule has 0 saturated carbocycles. The summed E-state index contributed by atoms with van der Waals surface area (Å²) in [5.41, 5.74) is 2.08. The first kappa shape index (κ1) is 19.9. The molecule has 0 aliphatic carbocycles. The maximum absolute atomic E-state index is 13.6. The van der Waals surface area contributed by atoms with Gasteiger partial charge in [0.25, 0.3) is 0 Å². The number of halogens is 2. The van der Waals surface area contributed by atoms with E-state index >= 15 is 0 Å². The Hall–Kier alpha value is -3.41. The van der Waals surface area contributed by atoms with E-state index in [-0.39, 0.29) is 5.69 Å². The van der Waals surface area contributed by atoms with Crippen molar-refractivity contribution in [2.24, 2.45) is 0 Å². The van der Waals surface area contributed by atoms with Gasteiger partial charge in [-0.05, 0) is 23.8 Å². The maximum atomic E-state index is 13.6. The molecule has 1 aliphatic rings. The van der Waals surface area contributed by atoms with Gasteiger partial charge in [-0.3, -0.25) is 9.88 Å². The van der Waals surface area contributed by atoms with E-state index in [1.807, 2.05) is 0 Å². The van der Waals surface area contributed by atoms with Crippen molar-refractivity contribution >= 4 is 0 Å². The van der Waals surface area contributed by atoms with Gasteiger partial charge in [0, 0.05) is 56.6 Å². The van der Waals surface area contributed by atoms with E-state index in [1.54, 1.807) is 24.4 Å². The van der Waals surface area contributed by atoms with Crippen LogP contribution in [0, 0.1) is 23.0 Å². The highest BCUT2D eigenvalue weighted by Gasteiger charge is 2.13. The molecule has 6 nitrogen and oxygen atoms in total. The number of pyridine rings is 2. The number of hydrogen-bond donors (Lipinski definition) is 1. The number of aromatic nitrogens is 2. The lowest BCUT2D eigenvalue weighted by molar-refractivity contribution is 0.230. The Balaban J connectivity index is 1.57. The predicted octanol–water partition coefficient (Wildman–Crippen LogP) is 3.49. The van der Waals surface area contributed by atoms with Crippen molar-refractivity contribution in [1.29, 1.82) is 5.26 Å². The third-order valence-corrected chi connectivity index (χ3v) is 4.76. The number of ether oxygens (including phenoxy) is 1. The van der Waals surface area contributed by atoms with Gasteiger partial charge in [-0.15, -0.1) is 0 Å². The maximum Gasteiger partial charge on any atom is 0.159 e. The van der Waals surface area contributed by atoms with E-state index in [0.29, 0.717) is 29.2 Å². The number of rotatable bonds is 5. The summed E-state index contributed by atoms with van der Waals surface area (Å²) in [6, 6.07) is 10.8. The highest BCUT2D eigenvalue weighted by atomic mass is 19.2. The molecule has 3 aromatic rings. The van der Waals surface area contributed by atoms with Crippen LogP contribution in [-0.2, 0) is 6.54 Å². The predicted molar refractivity (Wildman–Crippen MR) is 107 cm³/mol. The SMILES string of the molecule is N#Cc1cc(Oc2cncc(-c3ccc(F)c(F)c3)c2)cc(CN2CCNCC2)n1. The van der Waals surface area contributed by atoms with Gasteiger partial charge in [0.05, 0.1) is 11.9 Å². The van der Waals surface area contributed by atoms with Crippen LogP contribution >= 0.6 is 0 Å². The molecule has 1 saturated heterocycles. The molecule has 152 valence electrons. The molecule has 0 unspecified atom stereocenters. The third kappa shape index (κ3) is 4.76. The largest absolute Gasteiger partial charge is 0.456 e. The van der Waals surface area contributed by atoms with Crippen LogP contribution in [0.15, 0.2) is 48.8 Å². The molecule has 0 amide bonds. The van der Waals surface area contributed by atoms with Crippen molar-refractivity contribution in [3.8, 4) is 28.7 Å². The second kappa shape index (κ2) is 8.95. The second-order valence-corrected chi connectivity index (χ2v) is 6.96. The summed E-state index contributed by atoms with van der Waals surface area (Å²) in [6.45, 7) is 4.29. The van der Waals surface area contributed by atoms with Crippen molar-refractivity contribution in [3.05, 3.63) is 71.8 Å². The van der Waals surface area contributed by atoms with E-state index < -0.39 is 11.6 Å². The Morgan fingerprint density at radius 2 is 1.83 bits per heavy atom. The van der Waals surface area contributed by atoms with Gasteiger partial charge >= 0.3 is 0 Å². The molecule has 0 atom stereocenters. The minimum Gasteiger partial charge on any atom is -0.456 e. The summed E-state index contributed by atoms with van der Waals surface area (Å²) in [4.78, 5) is 10.8. The van der Waals surface area contributed by atoms with Crippen LogP contribution in [0.3, 0.4) is 0 Å². The van der Waals surface area contributed by atoms with Crippen LogP contribution < -0.4 is 10.1 Å². The molecule has 1 N–H and O–H groups in total. The highest BCUT2D eigenvalue weighted by molar-refractivity contribution is 5.64. The fourth-order valence-corrected chi connectivity index (χ4v) is 3.30. The minimum absolute atomic E-state index is 0.266. The normalized spacial score (nSPS) is 14.3. The molecular weight excluding hydrogens is 388 g/mol. The third-order valence-electron chi connectivity index (χ3n) is 4.76. The first-order valence-electron chi connectivity index (χ1n) is 9.53. The van der Waals surface area contributed by atoms with Crippen molar-refractivity contribution in [2.75, 3.05) is 26.2 Å². The number of nitriles is 1. The summed E-state index contributed by atoms with van der Waals surface area (Å²) < 4.78 is 32.7. The van der Waals surface area contributed by atoms with Crippen molar-refractivity contribution in [1.82, 2.24) is 20.2 Å². The summed E-state index contributed by atoms with van der Waals surface area (Å²) >= 11 is 0. The lowest BCUT2D eigenvalue weighted by Crippen LogP contribution is -2.43. The Bertz CT molecular complexity index is 1090. The van der Waals surface area contributed by atoms with Gasteiger partial charge in [-0.2, -0.15) is 5.26 Å². The monoisotopic (exact) mass is 407 g/mol. The smallest absolute Gasteiger partial charge is 0.159 e. The summed E-state index contributed by atoms with van der Waals surface area (Å²) in [5.74, 6) is -0.947. The average Bonchev–Trinajstić information content (AvgIpc) is 2.76. The zero-order valence-electron chi connectivity index (χ0n) is 16.1. The first-order valence-corrected chi connectivity index (χ1v) is 9.53. The van der Waals surface area contributed by atoms with Gasteiger partial charge in [0.2, 0.25) is 0 Å². The van der Waals surface area contributed by atoms with Gasteiger partial charge < -0.3 is 10.1 Å². The van der Waals surface area contributed by atoms with Gasteiger partial charge in [0.1, 0.15) is 23.3 Å². The standard InChI is InChI=1S/C22H19F2N5O/c23-21-2-1-15(8-22(21)24)16-7-20(13-27-12-16)30-19-9-17(11-25)28-18(10-19)14-29-5-3-26-4-6-29/h1-2,7-10,12-13,26H,3-6,14H2. The Labute approximate surface area is 172 Å². The van der Waals surface area contributed by atoms with Crippen LogP contribution in [0.2, 0.25) is 0 Å². The molecule has 1 aromatic carbocycles. The Kier molecular flexibility index (Phi) is 5.93. The molecule has 0 spiro atoms. The fourth-order valence-electron chi connectivity index (χ4n) is 3.30. The van der Waals surface area contributed by atoms with Crippen molar-refractivity contribution < 1.29 is 13.5 Å². The van der Waals surface area contributed by atoms with Crippen LogP contribution in [-0.4, -0.2) is 41.0 Å². The summed E-state index contributed by atoms with van der Waals surface area (Å²) in [7, 11) is 0. The highest BCUT2D eigenvalue weighted by Crippen LogP contribution is 2.28. The van der Waals surface area contributed by atoms with Gasteiger partial charge in [0.15, 0.2) is 11.6 Å². The molecule has 0 radical (unpaired) electrons. The van der Waals surface area contributed by atoms with Crippen LogP contribution in [0.25, 0.3) is 11.1 Å². The average molecular weight is 407 g/mol. The lowest BCUT2D eigenvalue weighted by atomic mass is 10.1. The van der Waals surface area contributed by atoms with Crippen LogP contribution in [0.5, 0.6) is 11.5 Å². The molecule has 2 aromatic heterocycles. The number of nitrogens with one attached hydrogen (secondary N) is 1. The zero-order chi connectivity index (χ0) is 20.9. The van der Waals surface area contributed by atoms with E-state index in [1.165, 1.54) is 12.3 Å². The minimum atomic E-state index is -0.927.